The summed E-state index contributed by atoms with van der Waals surface area (Å²) in [5.74, 6) is 0. The number of fused-ring (bicyclic) bond motifs is 1. The number of aryl methyl sites for hydroxylation is 2. The molecule has 0 spiro atoms. The number of pyridine rings is 1. The molecule has 4 nitrogen and oxygen atoms in total. The Labute approximate surface area is 116 Å². The SMILES string of the molecule is Cc1nc2c(-c3ccncc3)c(C)nn2c(Cl)c1C. The second-order valence-corrected chi connectivity index (χ2v) is 4.90. The summed E-state index contributed by atoms with van der Waals surface area (Å²) in [4.78, 5) is 8.67. The maximum Gasteiger partial charge on any atom is 0.165 e. The maximum atomic E-state index is 6.35. The first-order valence-corrected chi connectivity index (χ1v) is 6.40. The van der Waals surface area contributed by atoms with E-state index in [9.17, 15) is 0 Å². The monoisotopic (exact) mass is 272 g/mol. The van der Waals surface area contributed by atoms with Crippen LogP contribution in [0.1, 0.15) is 17.0 Å². The number of aromatic nitrogens is 4. The predicted octanol–water partition coefficient (Wildman–Crippen LogP) is 3.37. The Kier molecular flexibility index (Phi) is 2.75. The van der Waals surface area contributed by atoms with Crippen molar-refractivity contribution in [3.8, 4) is 11.1 Å². The van der Waals surface area contributed by atoms with Crippen LogP contribution in [0.4, 0.5) is 0 Å². The lowest BCUT2D eigenvalue weighted by Gasteiger charge is -2.05. The van der Waals surface area contributed by atoms with Gasteiger partial charge in [0, 0.05) is 29.2 Å². The van der Waals surface area contributed by atoms with Gasteiger partial charge in [0.05, 0.1) is 5.69 Å². The third-order valence-electron chi connectivity index (χ3n) is 3.32. The van der Waals surface area contributed by atoms with E-state index in [1.54, 1.807) is 16.9 Å². The third-order valence-corrected chi connectivity index (χ3v) is 3.76. The Balaban J connectivity index is 2.41. The van der Waals surface area contributed by atoms with E-state index >= 15 is 0 Å². The molecule has 0 aliphatic rings. The van der Waals surface area contributed by atoms with Gasteiger partial charge in [-0.2, -0.15) is 5.10 Å². The van der Waals surface area contributed by atoms with Crippen molar-refractivity contribution >= 4 is 17.2 Å². The van der Waals surface area contributed by atoms with Gasteiger partial charge in [0.1, 0.15) is 5.15 Å². The molecule has 0 saturated heterocycles. The van der Waals surface area contributed by atoms with E-state index in [2.05, 4.69) is 15.1 Å². The summed E-state index contributed by atoms with van der Waals surface area (Å²) in [5, 5.41) is 5.11. The fourth-order valence-electron chi connectivity index (χ4n) is 2.16. The van der Waals surface area contributed by atoms with E-state index in [1.807, 2.05) is 32.9 Å². The van der Waals surface area contributed by atoms with Crippen LogP contribution >= 0.6 is 11.6 Å². The molecule has 0 N–H and O–H groups in total. The van der Waals surface area contributed by atoms with Crippen molar-refractivity contribution < 1.29 is 0 Å². The quantitative estimate of drug-likeness (QED) is 0.638. The summed E-state index contributed by atoms with van der Waals surface area (Å²) >= 11 is 6.35. The summed E-state index contributed by atoms with van der Waals surface area (Å²) in [6.45, 7) is 5.87. The van der Waals surface area contributed by atoms with Gasteiger partial charge in [0.15, 0.2) is 5.65 Å². The first kappa shape index (κ1) is 12.1. The van der Waals surface area contributed by atoms with E-state index in [4.69, 9.17) is 11.6 Å². The zero-order chi connectivity index (χ0) is 13.6. The minimum absolute atomic E-state index is 0.617. The normalized spacial score (nSPS) is 11.2. The fraction of sp³-hybridized carbons (Fsp3) is 0.214. The molecule has 0 saturated carbocycles. The molecule has 0 aliphatic carbocycles. The number of hydrogen-bond donors (Lipinski definition) is 0. The van der Waals surface area contributed by atoms with Crippen LogP contribution < -0.4 is 0 Å². The van der Waals surface area contributed by atoms with Crippen molar-refractivity contribution in [1.82, 2.24) is 19.6 Å². The Bertz CT molecular complexity index is 762. The fourth-order valence-corrected chi connectivity index (χ4v) is 2.42. The molecule has 0 amide bonds. The molecule has 5 heteroatoms. The molecule has 0 fully saturated rings. The van der Waals surface area contributed by atoms with Gasteiger partial charge in [0.2, 0.25) is 0 Å². The molecule has 3 aromatic rings. The second-order valence-electron chi connectivity index (χ2n) is 4.54. The molecular formula is C14H13ClN4. The minimum Gasteiger partial charge on any atom is -0.265 e. The average molecular weight is 273 g/mol. The van der Waals surface area contributed by atoms with Crippen molar-refractivity contribution in [3.05, 3.63) is 46.6 Å². The molecule has 0 aromatic carbocycles. The van der Waals surface area contributed by atoms with Crippen LogP contribution in [-0.2, 0) is 0 Å². The molecule has 3 aromatic heterocycles. The number of nitrogens with zero attached hydrogens (tertiary/aromatic N) is 4. The molecule has 19 heavy (non-hydrogen) atoms. The molecule has 0 radical (unpaired) electrons. The highest BCUT2D eigenvalue weighted by atomic mass is 35.5. The average Bonchev–Trinajstić information content (AvgIpc) is 2.74. The summed E-state index contributed by atoms with van der Waals surface area (Å²) in [5.41, 5.74) is 5.63. The van der Waals surface area contributed by atoms with Crippen molar-refractivity contribution in [3.63, 3.8) is 0 Å². The van der Waals surface area contributed by atoms with Crippen molar-refractivity contribution in [2.75, 3.05) is 0 Å². The number of halogens is 1. The van der Waals surface area contributed by atoms with Crippen LogP contribution in [-0.4, -0.2) is 19.6 Å². The molecule has 3 heterocycles. The lowest BCUT2D eigenvalue weighted by Crippen LogP contribution is -1.99. The van der Waals surface area contributed by atoms with Gasteiger partial charge >= 0.3 is 0 Å². The molecule has 0 bridgehead atoms. The van der Waals surface area contributed by atoms with Gasteiger partial charge in [0.25, 0.3) is 0 Å². The number of hydrogen-bond acceptors (Lipinski definition) is 3. The van der Waals surface area contributed by atoms with Gasteiger partial charge < -0.3 is 0 Å². The summed E-state index contributed by atoms with van der Waals surface area (Å²) in [6, 6.07) is 3.91. The van der Waals surface area contributed by atoms with E-state index in [-0.39, 0.29) is 0 Å². The summed E-state index contributed by atoms with van der Waals surface area (Å²) in [7, 11) is 0. The summed E-state index contributed by atoms with van der Waals surface area (Å²) in [6.07, 6.45) is 3.53. The zero-order valence-corrected chi connectivity index (χ0v) is 11.7. The zero-order valence-electron chi connectivity index (χ0n) is 11.0. The lowest BCUT2D eigenvalue weighted by atomic mass is 10.1. The molecular weight excluding hydrogens is 260 g/mol. The highest BCUT2D eigenvalue weighted by molar-refractivity contribution is 6.30. The second kappa shape index (κ2) is 4.31. The predicted molar refractivity (Wildman–Crippen MR) is 75.4 cm³/mol. The molecule has 0 atom stereocenters. The van der Waals surface area contributed by atoms with Gasteiger partial charge in [-0.25, -0.2) is 9.50 Å². The minimum atomic E-state index is 0.617. The molecule has 3 rings (SSSR count). The standard InChI is InChI=1S/C14H13ClN4/c1-8-9(2)17-14-12(11-4-6-16-7-5-11)10(3)18-19(14)13(8)15/h4-7H,1-3H3. The van der Waals surface area contributed by atoms with E-state index in [1.165, 1.54) is 0 Å². The third kappa shape index (κ3) is 1.79. The first-order chi connectivity index (χ1) is 9.09. The smallest absolute Gasteiger partial charge is 0.165 e. The van der Waals surface area contributed by atoms with Crippen molar-refractivity contribution in [1.29, 1.82) is 0 Å². The van der Waals surface area contributed by atoms with Crippen LogP contribution in [0.25, 0.3) is 16.8 Å². The van der Waals surface area contributed by atoms with Crippen LogP contribution in [0.2, 0.25) is 5.15 Å². The Hall–Kier alpha value is -1.94. The van der Waals surface area contributed by atoms with Gasteiger partial charge in [-0.15, -0.1) is 0 Å². The van der Waals surface area contributed by atoms with Crippen LogP contribution in [0.3, 0.4) is 0 Å². The van der Waals surface area contributed by atoms with E-state index in [0.717, 1.165) is 33.7 Å². The van der Waals surface area contributed by atoms with Crippen LogP contribution in [0.15, 0.2) is 24.5 Å². The van der Waals surface area contributed by atoms with Crippen molar-refractivity contribution in [2.45, 2.75) is 20.8 Å². The molecule has 0 aliphatic heterocycles. The van der Waals surface area contributed by atoms with Crippen LogP contribution in [0.5, 0.6) is 0 Å². The highest BCUT2D eigenvalue weighted by Crippen LogP contribution is 2.30. The first-order valence-electron chi connectivity index (χ1n) is 6.02. The van der Waals surface area contributed by atoms with Crippen LogP contribution in [0, 0.1) is 20.8 Å². The van der Waals surface area contributed by atoms with Gasteiger partial charge in [-0.1, -0.05) is 11.6 Å². The van der Waals surface area contributed by atoms with Crippen molar-refractivity contribution in [2.24, 2.45) is 0 Å². The topological polar surface area (TPSA) is 43.1 Å². The van der Waals surface area contributed by atoms with E-state index in [0.29, 0.717) is 5.15 Å². The highest BCUT2D eigenvalue weighted by Gasteiger charge is 2.16. The summed E-state index contributed by atoms with van der Waals surface area (Å²) < 4.78 is 1.70. The van der Waals surface area contributed by atoms with Gasteiger partial charge in [-0.05, 0) is 38.5 Å². The Morgan fingerprint density at radius 3 is 2.42 bits per heavy atom. The maximum absolute atomic E-state index is 6.35. The number of rotatable bonds is 1. The Morgan fingerprint density at radius 1 is 1.05 bits per heavy atom. The largest absolute Gasteiger partial charge is 0.265 e. The van der Waals surface area contributed by atoms with E-state index < -0.39 is 0 Å². The van der Waals surface area contributed by atoms with Gasteiger partial charge in [-0.3, -0.25) is 4.98 Å². The molecule has 96 valence electrons. The lowest BCUT2D eigenvalue weighted by molar-refractivity contribution is 0.898. The Morgan fingerprint density at radius 2 is 1.74 bits per heavy atom. The molecule has 0 unspecified atom stereocenters.